The first-order valence-corrected chi connectivity index (χ1v) is 8.24. The molecule has 0 radical (unpaired) electrons. The summed E-state index contributed by atoms with van der Waals surface area (Å²) in [5.41, 5.74) is 1.33. The fourth-order valence-electron chi connectivity index (χ4n) is 2.29. The Labute approximate surface area is 158 Å². The van der Waals surface area contributed by atoms with E-state index in [9.17, 15) is 9.59 Å². The van der Waals surface area contributed by atoms with Crippen LogP contribution in [0.3, 0.4) is 0 Å². The number of nitrogens with one attached hydrogen (secondary N) is 1. The van der Waals surface area contributed by atoms with Crippen molar-refractivity contribution >= 4 is 17.5 Å². The molecule has 0 spiro atoms. The lowest BCUT2D eigenvalue weighted by atomic mass is 10.1. The number of aliphatic hydroxyl groups excluding tert-OH is 1. The summed E-state index contributed by atoms with van der Waals surface area (Å²) in [7, 11) is 1.58. The molecule has 0 atom stereocenters. The maximum atomic E-state index is 12.4. The molecule has 0 fully saturated rings. The van der Waals surface area contributed by atoms with E-state index in [-0.39, 0.29) is 24.4 Å². The third kappa shape index (κ3) is 4.15. The van der Waals surface area contributed by atoms with Crippen LogP contribution in [0.2, 0.25) is 5.02 Å². The van der Waals surface area contributed by atoms with Gasteiger partial charge in [0.05, 0.1) is 29.6 Å². The number of halogens is 1. The minimum absolute atomic E-state index is 0.0727. The molecule has 1 amide bonds. The smallest absolute Gasteiger partial charge is 0.270 e. The van der Waals surface area contributed by atoms with Gasteiger partial charge in [-0.15, -0.1) is 0 Å². The molecule has 2 N–H and O–H groups in total. The van der Waals surface area contributed by atoms with Gasteiger partial charge in [-0.1, -0.05) is 11.6 Å². The highest BCUT2D eigenvalue weighted by Gasteiger charge is 2.12. The lowest BCUT2D eigenvalue weighted by Crippen LogP contribution is -2.29. The standard InChI is InChI=1S/C17H15ClN6O3/c1-24-15(19-3-2-16(24)26)7-21-17(27)13-5-12(22-9-23-13)10-4-11(18)14(8-25)20-6-10/h2-6,9,25H,7-8H2,1H3,(H,21,27). The summed E-state index contributed by atoms with van der Waals surface area (Å²) in [6.07, 6.45) is 4.15. The number of carbonyl (C=O) groups excluding carboxylic acids is 1. The first-order chi connectivity index (χ1) is 13.0. The Morgan fingerprint density at radius 3 is 2.81 bits per heavy atom. The monoisotopic (exact) mass is 386 g/mol. The van der Waals surface area contributed by atoms with Gasteiger partial charge in [-0.05, 0) is 12.1 Å². The van der Waals surface area contributed by atoms with Gasteiger partial charge in [-0.3, -0.25) is 19.1 Å². The fraction of sp³-hybridized carbons (Fsp3) is 0.176. The van der Waals surface area contributed by atoms with Crippen LogP contribution in [0, 0.1) is 0 Å². The van der Waals surface area contributed by atoms with Crippen molar-refractivity contribution in [2.45, 2.75) is 13.2 Å². The summed E-state index contributed by atoms with van der Waals surface area (Å²) in [6, 6.07) is 4.44. The second kappa shape index (κ2) is 8.02. The minimum atomic E-state index is -0.442. The van der Waals surface area contributed by atoms with Crippen molar-refractivity contribution in [1.82, 2.24) is 29.8 Å². The second-order valence-electron chi connectivity index (χ2n) is 5.54. The number of nitrogens with zero attached hydrogens (tertiary/aromatic N) is 5. The zero-order valence-electron chi connectivity index (χ0n) is 14.3. The summed E-state index contributed by atoms with van der Waals surface area (Å²) < 4.78 is 1.35. The lowest BCUT2D eigenvalue weighted by molar-refractivity contribution is 0.0944. The molecule has 0 saturated heterocycles. The van der Waals surface area contributed by atoms with Crippen LogP contribution in [-0.4, -0.2) is 35.5 Å². The van der Waals surface area contributed by atoms with Gasteiger partial charge in [0.2, 0.25) is 0 Å². The van der Waals surface area contributed by atoms with Crippen molar-refractivity contribution in [2.24, 2.45) is 7.05 Å². The molecule has 0 aliphatic heterocycles. The largest absolute Gasteiger partial charge is 0.390 e. The highest BCUT2D eigenvalue weighted by molar-refractivity contribution is 6.31. The molecule has 0 saturated carbocycles. The molecule has 0 aromatic carbocycles. The van der Waals surface area contributed by atoms with Gasteiger partial charge in [-0.2, -0.15) is 0 Å². The number of rotatable bonds is 5. The normalized spacial score (nSPS) is 10.6. The van der Waals surface area contributed by atoms with Crippen molar-refractivity contribution in [3.05, 3.63) is 69.5 Å². The number of aliphatic hydroxyl groups is 1. The molecule has 27 heavy (non-hydrogen) atoms. The fourth-order valence-corrected chi connectivity index (χ4v) is 2.51. The van der Waals surface area contributed by atoms with Gasteiger partial charge in [0.15, 0.2) is 0 Å². The summed E-state index contributed by atoms with van der Waals surface area (Å²) in [6.45, 7) is -0.199. The van der Waals surface area contributed by atoms with E-state index in [4.69, 9.17) is 16.7 Å². The van der Waals surface area contributed by atoms with Gasteiger partial charge in [0, 0.05) is 31.1 Å². The molecular formula is C17H15ClN6O3. The minimum Gasteiger partial charge on any atom is -0.390 e. The van der Waals surface area contributed by atoms with Crippen LogP contribution in [0.25, 0.3) is 11.3 Å². The Morgan fingerprint density at radius 1 is 1.26 bits per heavy atom. The Hall–Kier alpha value is -3.17. The van der Waals surface area contributed by atoms with Gasteiger partial charge in [0.1, 0.15) is 17.8 Å². The first kappa shape index (κ1) is 18.6. The van der Waals surface area contributed by atoms with Crippen LogP contribution in [0.4, 0.5) is 0 Å². The van der Waals surface area contributed by atoms with Crippen molar-refractivity contribution in [2.75, 3.05) is 0 Å². The van der Waals surface area contributed by atoms with Crippen molar-refractivity contribution in [3.8, 4) is 11.3 Å². The lowest BCUT2D eigenvalue weighted by Gasteiger charge is -2.08. The molecular weight excluding hydrogens is 372 g/mol. The van der Waals surface area contributed by atoms with E-state index in [2.05, 4.69) is 25.3 Å². The van der Waals surface area contributed by atoms with E-state index in [0.717, 1.165) is 0 Å². The zero-order valence-corrected chi connectivity index (χ0v) is 15.0. The Morgan fingerprint density at radius 2 is 2.07 bits per heavy atom. The molecule has 9 nitrogen and oxygen atoms in total. The van der Waals surface area contributed by atoms with Crippen LogP contribution in [0.1, 0.15) is 22.0 Å². The van der Waals surface area contributed by atoms with E-state index >= 15 is 0 Å². The number of pyridine rings is 1. The van der Waals surface area contributed by atoms with E-state index in [0.29, 0.717) is 27.8 Å². The van der Waals surface area contributed by atoms with Crippen molar-refractivity contribution in [3.63, 3.8) is 0 Å². The average Bonchev–Trinajstić information content (AvgIpc) is 2.69. The highest BCUT2D eigenvalue weighted by atomic mass is 35.5. The van der Waals surface area contributed by atoms with E-state index in [1.165, 1.54) is 35.4 Å². The van der Waals surface area contributed by atoms with Gasteiger partial charge < -0.3 is 10.4 Å². The summed E-state index contributed by atoms with van der Waals surface area (Å²) in [4.78, 5) is 40.2. The van der Waals surface area contributed by atoms with E-state index in [1.54, 1.807) is 13.1 Å². The Balaban J connectivity index is 1.78. The Bertz CT molecular complexity index is 1050. The SMILES string of the molecule is Cn1c(CNC(=O)c2cc(-c3cnc(CO)c(Cl)c3)ncn2)nccc1=O. The summed E-state index contributed by atoms with van der Waals surface area (Å²) in [5.74, 6) is -0.0245. The third-order valence-corrected chi connectivity index (χ3v) is 4.16. The molecule has 3 rings (SSSR count). The van der Waals surface area contributed by atoms with Crippen LogP contribution in [0.5, 0.6) is 0 Å². The van der Waals surface area contributed by atoms with E-state index < -0.39 is 5.91 Å². The quantitative estimate of drug-likeness (QED) is 0.661. The second-order valence-corrected chi connectivity index (χ2v) is 5.95. The molecule has 0 aliphatic carbocycles. The number of carbonyl (C=O) groups is 1. The Kier molecular flexibility index (Phi) is 5.53. The predicted octanol–water partition coefficient (Wildman–Crippen LogP) is 0.708. The van der Waals surface area contributed by atoms with Crippen molar-refractivity contribution < 1.29 is 9.90 Å². The van der Waals surface area contributed by atoms with E-state index in [1.807, 2.05) is 0 Å². The van der Waals surface area contributed by atoms with Gasteiger partial charge in [-0.25, -0.2) is 15.0 Å². The van der Waals surface area contributed by atoms with Crippen LogP contribution < -0.4 is 10.9 Å². The van der Waals surface area contributed by atoms with Crippen LogP contribution in [-0.2, 0) is 20.2 Å². The highest BCUT2D eigenvalue weighted by Crippen LogP contribution is 2.22. The number of hydrogen-bond donors (Lipinski definition) is 2. The average molecular weight is 387 g/mol. The summed E-state index contributed by atoms with van der Waals surface area (Å²) in [5, 5.41) is 12.1. The number of aromatic nitrogens is 5. The molecule has 0 bridgehead atoms. The molecule has 3 heterocycles. The molecule has 138 valence electrons. The number of hydrogen-bond acceptors (Lipinski definition) is 7. The first-order valence-electron chi connectivity index (χ1n) is 7.86. The molecule has 0 unspecified atom stereocenters. The molecule has 0 aliphatic rings. The van der Waals surface area contributed by atoms with Crippen LogP contribution >= 0.6 is 11.6 Å². The predicted molar refractivity (Wildman–Crippen MR) is 96.8 cm³/mol. The van der Waals surface area contributed by atoms with Gasteiger partial charge in [0.25, 0.3) is 11.5 Å². The molecule has 3 aromatic heterocycles. The zero-order chi connectivity index (χ0) is 19.4. The molecule has 10 heteroatoms. The maximum Gasteiger partial charge on any atom is 0.270 e. The third-order valence-electron chi connectivity index (χ3n) is 3.83. The van der Waals surface area contributed by atoms with Crippen molar-refractivity contribution in [1.29, 1.82) is 0 Å². The molecule has 3 aromatic rings. The maximum absolute atomic E-state index is 12.4. The van der Waals surface area contributed by atoms with Gasteiger partial charge >= 0.3 is 0 Å². The topological polar surface area (TPSA) is 123 Å². The number of amides is 1. The van der Waals surface area contributed by atoms with Crippen LogP contribution in [0.15, 0.2) is 41.7 Å². The summed E-state index contributed by atoms with van der Waals surface area (Å²) >= 11 is 6.05.